The normalized spacial score (nSPS) is 24.8. The first-order chi connectivity index (χ1) is 10.9. The molecule has 5 rings (SSSR count). The summed E-state index contributed by atoms with van der Waals surface area (Å²) in [6.45, 7) is 0.759. The summed E-state index contributed by atoms with van der Waals surface area (Å²) in [6.07, 6.45) is 1.02. The number of benzene rings is 1. The molecule has 3 atom stereocenters. The fourth-order valence-corrected chi connectivity index (χ4v) is 3.63. The monoisotopic (exact) mass is 294 g/mol. The van der Waals surface area contributed by atoms with Gasteiger partial charge < -0.3 is 4.74 Å². The zero-order chi connectivity index (χ0) is 14.5. The van der Waals surface area contributed by atoms with Gasteiger partial charge >= 0.3 is 0 Å². The first kappa shape index (κ1) is 11.9. The Bertz CT molecular complexity index is 797. The number of tetrazole rings is 1. The average molecular weight is 294 g/mol. The Morgan fingerprint density at radius 1 is 1.18 bits per heavy atom. The lowest BCUT2D eigenvalue weighted by molar-refractivity contribution is 0.288. The highest BCUT2D eigenvalue weighted by Gasteiger charge is 2.58. The van der Waals surface area contributed by atoms with Crippen LogP contribution in [0.5, 0.6) is 5.75 Å². The van der Waals surface area contributed by atoms with Crippen LogP contribution in [0.15, 0.2) is 30.3 Å². The summed E-state index contributed by atoms with van der Waals surface area (Å²) >= 11 is 0. The van der Waals surface area contributed by atoms with Crippen molar-refractivity contribution in [1.82, 2.24) is 30.8 Å². The van der Waals surface area contributed by atoms with Crippen molar-refractivity contribution in [3.63, 3.8) is 0 Å². The molecule has 0 radical (unpaired) electrons. The van der Waals surface area contributed by atoms with Crippen LogP contribution < -0.4 is 4.74 Å². The van der Waals surface area contributed by atoms with Gasteiger partial charge in [-0.15, -0.1) is 10.2 Å². The maximum Gasteiger partial charge on any atom is 0.225 e. The molecule has 2 N–H and O–H groups in total. The van der Waals surface area contributed by atoms with Gasteiger partial charge in [0.15, 0.2) is 0 Å². The standard InChI is InChI=1S/C15H14N6O/c1-2-4-8(5-3-1)22-7-11-9-6-10-13(12(9)11)16-17-14(10)15-18-20-21-19-15/h1-5,9,11-12H,6-7H2,(H,16,17)(H,18,19,20,21)/t9-,11+,12-/m0/s1. The van der Waals surface area contributed by atoms with Crippen molar-refractivity contribution >= 4 is 0 Å². The third-order valence-electron chi connectivity index (χ3n) is 4.75. The van der Waals surface area contributed by atoms with Crippen molar-refractivity contribution in [2.75, 3.05) is 6.61 Å². The van der Waals surface area contributed by atoms with Gasteiger partial charge in [-0.05, 0) is 29.7 Å². The highest BCUT2D eigenvalue weighted by molar-refractivity contribution is 5.59. The van der Waals surface area contributed by atoms with Crippen LogP contribution in [0.25, 0.3) is 11.5 Å². The van der Waals surface area contributed by atoms with E-state index in [0.29, 0.717) is 23.6 Å². The largest absolute Gasteiger partial charge is 0.493 e. The number of fused-ring (bicyclic) bond motifs is 3. The van der Waals surface area contributed by atoms with Crippen molar-refractivity contribution in [2.24, 2.45) is 11.8 Å². The predicted molar refractivity (Wildman–Crippen MR) is 77.1 cm³/mol. The highest BCUT2D eigenvalue weighted by Crippen LogP contribution is 2.61. The van der Waals surface area contributed by atoms with Gasteiger partial charge in [0.1, 0.15) is 11.4 Å². The topological polar surface area (TPSA) is 92.4 Å². The number of hydrogen-bond acceptors (Lipinski definition) is 5. The van der Waals surface area contributed by atoms with Gasteiger partial charge in [-0.1, -0.05) is 18.2 Å². The lowest BCUT2D eigenvalue weighted by Gasteiger charge is -2.07. The second-order valence-corrected chi connectivity index (χ2v) is 5.88. The first-order valence-electron chi connectivity index (χ1n) is 7.40. The molecule has 0 spiro atoms. The van der Waals surface area contributed by atoms with E-state index in [0.717, 1.165) is 24.5 Å². The third kappa shape index (κ3) is 1.68. The van der Waals surface area contributed by atoms with Crippen LogP contribution in [0.4, 0.5) is 0 Å². The Morgan fingerprint density at radius 2 is 2.09 bits per heavy atom. The Hall–Kier alpha value is -2.70. The van der Waals surface area contributed by atoms with Gasteiger partial charge in [-0.3, -0.25) is 5.10 Å². The second kappa shape index (κ2) is 4.40. The SMILES string of the molecule is c1ccc(OC[C@@H]2[C@@H]3Cc4c(-c5nn[nH]n5)n[nH]c4[C@H]23)cc1. The summed E-state index contributed by atoms with van der Waals surface area (Å²) in [4.78, 5) is 0. The molecular weight excluding hydrogens is 280 g/mol. The lowest BCUT2D eigenvalue weighted by Crippen LogP contribution is -2.05. The molecule has 0 unspecified atom stereocenters. The van der Waals surface area contributed by atoms with Crippen LogP contribution in [0.1, 0.15) is 17.2 Å². The molecule has 2 heterocycles. The summed E-state index contributed by atoms with van der Waals surface area (Å²) in [5.74, 6) is 3.26. The number of rotatable bonds is 4. The van der Waals surface area contributed by atoms with E-state index >= 15 is 0 Å². The molecule has 0 saturated heterocycles. The Balaban J connectivity index is 1.32. The van der Waals surface area contributed by atoms with Crippen LogP contribution >= 0.6 is 0 Å². The van der Waals surface area contributed by atoms with E-state index in [9.17, 15) is 0 Å². The molecule has 0 aliphatic heterocycles. The van der Waals surface area contributed by atoms with Crippen LogP contribution in [0.3, 0.4) is 0 Å². The molecule has 2 aliphatic carbocycles. The van der Waals surface area contributed by atoms with Crippen LogP contribution in [-0.2, 0) is 6.42 Å². The van der Waals surface area contributed by atoms with E-state index in [1.54, 1.807) is 0 Å². The summed E-state index contributed by atoms with van der Waals surface area (Å²) in [5, 5.41) is 21.6. The van der Waals surface area contributed by atoms with Crippen molar-refractivity contribution in [3.8, 4) is 17.3 Å². The smallest absolute Gasteiger partial charge is 0.225 e. The van der Waals surface area contributed by atoms with E-state index in [1.807, 2.05) is 30.3 Å². The van der Waals surface area contributed by atoms with Crippen LogP contribution in [-0.4, -0.2) is 37.4 Å². The molecule has 1 fully saturated rings. The molecule has 22 heavy (non-hydrogen) atoms. The summed E-state index contributed by atoms with van der Waals surface area (Å²) in [7, 11) is 0. The van der Waals surface area contributed by atoms with Gasteiger partial charge in [0.2, 0.25) is 5.82 Å². The molecule has 2 aliphatic rings. The van der Waals surface area contributed by atoms with Crippen molar-refractivity contribution in [3.05, 3.63) is 41.6 Å². The molecule has 3 aromatic rings. The van der Waals surface area contributed by atoms with Gasteiger partial charge in [-0.25, -0.2) is 0 Å². The minimum absolute atomic E-state index is 0.534. The first-order valence-corrected chi connectivity index (χ1v) is 7.40. The molecule has 0 bridgehead atoms. The summed E-state index contributed by atoms with van der Waals surface area (Å²) in [6, 6.07) is 9.97. The molecular formula is C15H14N6O. The van der Waals surface area contributed by atoms with Crippen molar-refractivity contribution < 1.29 is 4.74 Å². The molecule has 1 saturated carbocycles. The van der Waals surface area contributed by atoms with E-state index in [4.69, 9.17) is 4.74 Å². The maximum absolute atomic E-state index is 5.89. The molecule has 110 valence electrons. The van der Waals surface area contributed by atoms with E-state index in [1.165, 1.54) is 11.3 Å². The second-order valence-electron chi connectivity index (χ2n) is 5.88. The zero-order valence-electron chi connectivity index (χ0n) is 11.7. The van der Waals surface area contributed by atoms with Crippen LogP contribution in [0, 0.1) is 11.8 Å². The Morgan fingerprint density at radius 3 is 2.91 bits per heavy atom. The number of ether oxygens (including phenoxy) is 1. The highest BCUT2D eigenvalue weighted by atomic mass is 16.5. The van der Waals surface area contributed by atoms with Crippen LogP contribution in [0.2, 0.25) is 0 Å². The van der Waals surface area contributed by atoms with Crippen molar-refractivity contribution in [1.29, 1.82) is 0 Å². The van der Waals surface area contributed by atoms with E-state index < -0.39 is 0 Å². The number of nitrogens with one attached hydrogen (secondary N) is 2. The lowest BCUT2D eigenvalue weighted by atomic mass is 10.1. The molecule has 0 amide bonds. The summed E-state index contributed by atoms with van der Waals surface area (Å²) < 4.78 is 5.89. The number of nitrogens with zero attached hydrogens (tertiary/aromatic N) is 4. The zero-order valence-corrected chi connectivity index (χ0v) is 11.7. The number of H-pyrrole nitrogens is 2. The van der Waals surface area contributed by atoms with Gasteiger partial charge in [0.25, 0.3) is 0 Å². The van der Waals surface area contributed by atoms with E-state index in [-0.39, 0.29) is 0 Å². The predicted octanol–water partition coefficient (Wildman–Crippen LogP) is 1.55. The van der Waals surface area contributed by atoms with E-state index in [2.05, 4.69) is 30.8 Å². The fraction of sp³-hybridized carbons (Fsp3) is 0.333. The molecule has 7 nitrogen and oxygen atoms in total. The minimum atomic E-state index is 0.534. The Kier molecular flexibility index (Phi) is 2.38. The van der Waals surface area contributed by atoms with Crippen molar-refractivity contribution in [2.45, 2.75) is 12.3 Å². The third-order valence-corrected chi connectivity index (χ3v) is 4.75. The minimum Gasteiger partial charge on any atom is -0.493 e. The number of para-hydroxylation sites is 1. The average Bonchev–Trinajstić information content (AvgIpc) is 3.02. The van der Waals surface area contributed by atoms with Gasteiger partial charge in [0.05, 0.1) is 6.61 Å². The molecule has 7 heteroatoms. The number of hydrogen-bond donors (Lipinski definition) is 2. The molecule has 1 aromatic carbocycles. The van der Waals surface area contributed by atoms with Gasteiger partial charge in [-0.2, -0.15) is 10.3 Å². The number of aromatic nitrogens is 6. The molecule has 2 aromatic heterocycles. The fourth-order valence-electron chi connectivity index (χ4n) is 3.63. The number of aromatic amines is 2. The Labute approximate surface area is 126 Å². The maximum atomic E-state index is 5.89. The summed E-state index contributed by atoms with van der Waals surface area (Å²) in [5.41, 5.74) is 3.30. The quantitative estimate of drug-likeness (QED) is 0.761. The van der Waals surface area contributed by atoms with Gasteiger partial charge in [0, 0.05) is 23.1 Å².